The van der Waals surface area contributed by atoms with Crippen molar-refractivity contribution in [3.8, 4) is 0 Å². The number of pyridine rings is 1. The Kier molecular flexibility index (Phi) is 6.51. The molecule has 5 nitrogen and oxygen atoms in total. The molecule has 3 rings (SSSR count). The van der Waals surface area contributed by atoms with Gasteiger partial charge in [0.15, 0.2) is 0 Å². The van der Waals surface area contributed by atoms with Gasteiger partial charge in [0.05, 0.1) is 0 Å². The molecule has 148 valence electrons. The van der Waals surface area contributed by atoms with Crippen LogP contribution in [-0.2, 0) is 16.2 Å². The molecule has 0 spiro atoms. The minimum atomic E-state index is -4.61. The molecule has 0 unspecified atom stereocenters. The molecule has 27 heavy (non-hydrogen) atoms. The largest absolute Gasteiger partial charge is 0.433 e. The predicted octanol–water partition coefficient (Wildman–Crippen LogP) is 2.89. The standard InChI is InChI=1S/C17H18F3N3O2S.ClH/c18-17(19,20)16-7-6-14(9-22-16)26(24,25)23-10-13(8-21)15(11-23)12-4-2-1-3-5-12;/h1-7,9,13,15H,8,10-11,21H2;1H/t13-,15+;/m1./s1. The Morgan fingerprint density at radius 1 is 1.11 bits per heavy atom. The Balaban J connectivity index is 0.00000261. The first-order valence-electron chi connectivity index (χ1n) is 8.02. The van der Waals surface area contributed by atoms with Crippen molar-refractivity contribution in [3.05, 3.63) is 59.9 Å². The minimum absolute atomic E-state index is 0. The molecule has 1 aromatic carbocycles. The number of sulfonamides is 1. The highest BCUT2D eigenvalue weighted by atomic mass is 35.5. The fourth-order valence-electron chi connectivity index (χ4n) is 3.19. The van der Waals surface area contributed by atoms with Crippen LogP contribution < -0.4 is 5.73 Å². The summed E-state index contributed by atoms with van der Waals surface area (Å²) in [4.78, 5) is 2.99. The van der Waals surface area contributed by atoms with Gasteiger partial charge in [0.25, 0.3) is 0 Å². The number of nitrogens with two attached hydrogens (primary N) is 1. The molecule has 1 saturated heterocycles. The van der Waals surface area contributed by atoms with Crippen LogP contribution in [0.3, 0.4) is 0 Å². The molecule has 0 bridgehead atoms. The Morgan fingerprint density at radius 3 is 2.30 bits per heavy atom. The lowest BCUT2D eigenvalue weighted by Crippen LogP contribution is -2.30. The second kappa shape index (κ2) is 8.14. The average Bonchev–Trinajstić information content (AvgIpc) is 3.07. The van der Waals surface area contributed by atoms with Crippen molar-refractivity contribution in [1.82, 2.24) is 9.29 Å². The van der Waals surface area contributed by atoms with Crippen LogP contribution in [0.2, 0.25) is 0 Å². The van der Waals surface area contributed by atoms with Gasteiger partial charge in [-0.3, -0.25) is 4.98 Å². The molecule has 1 aliphatic rings. The van der Waals surface area contributed by atoms with Gasteiger partial charge in [0.2, 0.25) is 10.0 Å². The van der Waals surface area contributed by atoms with Crippen LogP contribution in [0.4, 0.5) is 13.2 Å². The third-order valence-corrected chi connectivity index (χ3v) is 6.42. The van der Waals surface area contributed by atoms with Gasteiger partial charge in [0, 0.05) is 25.2 Å². The van der Waals surface area contributed by atoms with Crippen molar-refractivity contribution in [2.75, 3.05) is 19.6 Å². The summed E-state index contributed by atoms with van der Waals surface area (Å²) in [6, 6.07) is 11.1. The van der Waals surface area contributed by atoms with Crippen LogP contribution in [0.5, 0.6) is 0 Å². The quantitative estimate of drug-likeness (QED) is 0.823. The van der Waals surface area contributed by atoms with Gasteiger partial charge in [0.1, 0.15) is 10.6 Å². The van der Waals surface area contributed by atoms with Crippen molar-refractivity contribution in [2.24, 2.45) is 11.7 Å². The van der Waals surface area contributed by atoms with E-state index in [1.165, 1.54) is 4.31 Å². The monoisotopic (exact) mass is 421 g/mol. The second-order valence-corrected chi connectivity index (χ2v) is 8.15. The highest BCUT2D eigenvalue weighted by Crippen LogP contribution is 2.35. The lowest BCUT2D eigenvalue weighted by molar-refractivity contribution is -0.141. The third kappa shape index (κ3) is 4.43. The van der Waals surface area contributed by atoms with E-state index in [4.69, 9.17) is 5.73 Å². The Bertz CT molecular complexity index is 861. The molecule has 10 heteroatoms. The van der Waals surface area contributed by atoms with Crippen molar-refractivity contribution >= 4 is 22.4 Å². The topological polar surface area (TPSA) is 76.3 Å². The van der Waals surface area contributed by atoms with E-state index >= 15 is 0 Å². The SMILES string of the molecule is Cl.NC[C@@H]1CN(S(=O)(=O)c2ccc(C(F)(F)F)nc2)C[C@H]1c1ccccc1. The van der Waals surface area contributed by atoms with Crippen LogP contribution in [0, 0.1) is 5.92 Å². The van der Waals surface area contributed by atoms with Crippen LogP contribution in [0.25, 0.3) is 0 Å². The lowest BCUT2D eigenvalue weighted by atomic mass is 9.89. The summed E-state index contributed by atoms with van der Waals surface area (Å²) in [5, 5.41) is 0. The Hall–Kier alpha value is -1.68. The van der Waals surface area contributed by atoms with Gasteiger partial charge in [-0.2, -0.15) is 17.5 Å². The zero-order valence-electron chi connectivity index (χ0n) is 14.1. The summed E-state index contributed by atoms with van der Waals surface area (Å²) >= 11 is 0. The number of nitrogens with zero attached hydrogens (tertiary/aromatic N) is 2. The van der Waals surface area contributed by atoms with E-state index in [-0.39, 0.29) is 42.2 Å². The van der Waals surface area contributed by atoms with Gasteiger partial charge >= 0.3 is 6.18 Å². The van der Waals surface area contributed by atoms with Gasteiger partial charge in [-0.15, -0.1) is 12.4 Å². The first-order valence-corrected chi connectivity index (χ1v) is 9.46. The van der Waals surface area contributed by atoms with Crippen molar-refractivity contribution in [3.63, 3.8) is 0 Å². The predicted molar refractivity (Wildman–Crippen MR) is 97.0 cm³/mol. The fourth-order valence-corrected chi connectivity index (χ4v) is 4.66. The molecular weight excluding hydrogens is 403 g/mol. The normalized spacial score (nSPS) is 21.0. The van der Waals surface area contributed by atoms with E-state index < -0.39 is 21.9 Å². The van der Waals surface area contributed by atoms with Crippen LogP contribution in [-0.4, -0.2) is 37.3 Å². The third-order valence-electron chi connectivity index (χ3n) is 4.60. The number of alkyl halides is 3. The molecule has 0 aliphatic carbocycles. The zero-order chi connectivity index (χ0) is 18.9. The molecule has 1 aromatic heterocycles. The molecule has 2 atom stereocenters. The summed E-state index contributed by atoms with van der Waals surface area (Å²) in [6.07, 6.45) is -3.86. The number of benzene rings is 1. The fraction of sp³-hybridized carbons (Fsp3) is 0.353. The van der Waals surface area contributed by atoms with E-state index in [0.717, 1.165) is 17.8 Å². The number of halogens is 4. The maximum atomic E-state index is 12.8. The van der Waals surface area contributed by atoms with E-state index in [9.17, 15) is 21.6 Å². The van der Waals surface area contributed by atoms with Crippen LogP contribution in [0.15, 0.2) is 53.6 Å². The summed E-state index contributed by atoms with van der Waals surface area (Å²) < 4.78 is 64.7. The van der Waals surface area contributed by atoms with E-state index in [1.54, 1.807) is 0 Å². The summed E-state index contributed by atoms with van der Waals surface area (Å²) in [6.45, 7) is 0.769. The number of hydrogen-bond donors (Lipinski definition) is 1. The van der Waals surface area contributed by atoms with E-state index in [2.05, 4.69) is 4.98 Å². The zero-order valence-corrected chi connectivity index (χ0v) is 15.8. The Labute approximate surface area is 161 Å². The molecule has 0 radical (unpaired) electrons. The average molecular weight is 422 g/mol. The summed E-state index contributed by atoms with van der Waals surface area (Å²) in [7, 11) is -3.94. The molecular formula is C17H19ClF3N3O2S. The number of aromatic nitrogens is 1. The number of hydrogen-bond acceptors (Lipinski definition) is 4. The maximum Gasteiger partial charge on any atom is 0.433 e. The number of rotatable bonds is 4. The Morgan fingerprint density at radius 2 is 1.78 bits per heavy atom. The van der Waals surface area contributed by atoms with Gasteiger partial charge < -0.3 is 5.73 Å². The van der Waals surface area contributed by atoms with Crippen molar-refractivity contribution in [2.45, 2.75) is 17.0 Å². The lowest BCUT2D eigenvalue weighted by Gasteiger charge is -2.17. The van der Waals surface area contributed by atoms with Crippen molar-refractivity contribution in [1.29, 1.82) is 0 Å². The highest BCUT2D eigenvalue weighted by molar-refractivity contribution is 7.89. The minimum Gasteiger partial charge on any atom is -0.330 e. The molecule has 1 fully saturated rings. The van der Waals surface area contributed by atoms with Crippen LogP contribution >= 0.6 is 12.4 Å². The molecule has 0 saturated carbocycles. The summed E-state index contributed by atoms with van der Waals surface area (Å²) in [5.41, 5.74) is 5.68. The molecule has 1 aliphatic heterocycles. The van der Waals surface area contributed by atoms with Gasteiger partial charge in [-0.05, 0) is 30.2 Å². The molecule has 2 N–H and O–H groups in total. The molecule has 2 heterocycles. The molecule has 2 aromatic rings. The van der Waals surface area contributed by atoms with E-state index in [1.807, 2.05) is 30.3 Å². The van der Waals surface area contributed by atoms with Gasteiger partial charge in [-0.25, -0.2) is 8.42 Å². The van der Waals surface area contributed by atoms with E-state index in [0.29, 0.717) is 12.6 Å². The summed E-state index contributed by atoms with van der Waals surface area (Å²) in [5.74, 6) is -0.118. The smallest absolute Gasteiger partial charge is 0.330 e. The first-order chi connectivity index (χ1) is 12.2. The molecule has 0 amide bonds. The van der Waals surface area contributed by atoms with Crippen molar-refractivity contribution < 1.29 is 21.6 Å². The first kappa shape index (κ1) is 21.6. The highest BCUT2D eigenvalue weighted by Gasteiger charge is 2.40. The maximum absolute atomic E-state index is 12.8. The second-order valence-electron chi connectivity index (χ2n) is 6.21. The van der Waals surface area contributed by atoms with Crippen LogP contribution in [0.1, 0.15) is 17.2 Å². The van der Waals surface area contributed by atoms with Gasteiger partial charge in [-0.1, -0.05) is 30.3 Å².